The Balaban J connectivity index is 1.21. The summed E-state index contributed by atoms with van der Waals surface area (Å²) in [5.41, 5.74) is -0.00409. The molecule has 2 aliphatic rings. The lowest BCUT2D eigenvalue weighted by Gasteiger charge is -2.16. The summed E-state index contributed by atoms with van der Waals surface area (Å²) in [4.78, 5) is 16.4. The van der Waals surface area contributed by atoms with Gasteiger partial charge in [0.05, 0.1) is 18.4 Å². The highest BCUT2D eigenvalue weighted by molar-refractivity contribution is 5.89. The number of fused-ring (bicyclic) bond motifs is 3. The minimum absolute atomic E-state index is 0.102. The molecule has 3 atom stereocenters. The Labute approximate surface area is 185 Å². The number of halogens is 3. The van der Waals surface area contributed by atoms with Crippen molar-refractivity contribution in [1.29, 1.82) is 5.26 Å². The average Bonchev–Trinajstić information content (AvgIpc) is 3.51. The molecule has 1 aliphatic carbocycles. The van der Waals surface area contributed by atoms with E-state index in [-0.39, 0.29) is 52.6 Å². The van der Waals surface area contributed by atoms with Crippen molar-refractivity contribution in [2.24, 2.45) is 5.92 Å². The van der Waals surface area contributed by atoms with E-state index in [1.165, 1.54) is 36.5 Å². The summed E-state index contributed by atoms with van der Waals surface area (Å²) >= 11 is 0. The van der Waals surface area contributed by atoms with Crippen LogP contribution in [0.15, 0.2) is 48.7 Å². The number of anilines is 1. The number of carbonyl (C=O) groups is 1. The Morgan fingerprint density at radius 2 is 1.97 bits per heavy atom. The normalized spacial score (nSPS) is 19.9. The first-order valence-corrected chi connectivity index (χ1v) is 9.97. The fraction of sp³-hybridized carbons (Fsp3) is 0.174. The molecule has 10 heteroatoms. The molecule has 7 nitrogen and oxygen atoms in total. The van der Waals surface area contributed by atoms with E-state index in [1.54, 1.807) is 6.07 Å². The quantitative estimate of drug-likeness (QED) is 0.610. The number of amides is 2. The predicted molar refractivity (Wildman–Crippen MR) is 109 cm³/mol. The highest BCUT2D eigenvalue weighted by Crippen LogP contribution is 2.55. The number of nitrogens with one attached hydrogen (secondary N) is 2. The summed E-state index contributed by atoms with van der Waals surface area (Å²) < 4.78 is 53.0. The van der Waals surface area contributed by atoms with Crippen LogP contribution in [-0.4, -0.2) is 23.7 Å². The number of carbonyl (C=O) groups excluding carboxylic acids is 1. The van der Waals surface area contributed by atoms with Gasteiger partial charge in [0.15, 0.2) is 23.1 Å². The second-order valence-corrected chi connectivity index (χ2v) is 7.61. The van der Waals surface area contributed by atoms with Crippen LogP contribution < -0.4 is 20.1 Å². The fourth-order valence-electron chi connectivity index (χ4n) is 3.98. The largest absolute Gasteiger partial charge is 0.490 e. The topological polar surface area (TPSA) is 96.3 Å². The van der Waals surface area contributed by atoms with Crippen LogP contribution in [-0.2, 0) is 0 Å². The van der Waals surface area contributed by atoms with Crippen molar-refractivity contribution in [3.05, 3.63) is 77.2 Å². The zero-order chi connectivity index (χ0) is 23.1. The third-order valence-corrected chi connectivity index (χ3v) is 5.60. The zero-order valence-corrected chi connectivity index (χ0v) is 16.8. The van der Waals surface area contributed by atoms with Crippen molar-refractivity contribution < 1.29 is 27.4 Å². The molecule has 1 aliphatic heterocycles. The zero-order valence-electron chi connectivity index (χ0n) is 16.8. The van der Waals surface area contributed by atoms with E-state index in [4.69, 9.17) is 14.7 Å². The molecule has 33 heavy (non-hydrogen) atoms. The van der Waals surface area contributed by atoms with Crippen LogP contribution in [0, 0.1) is 34.7 Å². The number of hydrogen-bond donors (Lipinski definition) is 2. The maximum atomic E-state index is 14.2. The van der Waals surface area contributed by atoms with Gasteiger partial charge in [-0.05, 0) is 36.4 Å². The number of ether oxygens (including phenoxy) is 2. The summed E-state index contributed by atoms with van der Waals surface area (Å²) in [6, 6.07) is 9.94. The van der Waals surface area contributed by atoms with Gasteiger partial charge in [0.1, 0.15) is 23.5 Å². The van der Waals surface area contributed by atoms with Crippen LogP contribution in [0.25, 0.3) is 0 Å². The van der Waals surface area contributed by atoms with Gasteiger partial charge in [0.25, 0.3) is 0 Å². The van der Waals surface area contributed by atoms with Gasteiger partial charge in [0.2, 0.25) is 0 Å². The SMILES string of the molecule is N#Cc1cccc(Oc2ccc(NC(=O)NC3[C@H]4COc5c(F)ccc(F)c5[C@@H]34)nc2)c1F. The van der Waals surface area contributed by atoms with Crippen LogP contribution in [0.5, 0.6) is 17.2 Å². The van der Waals surface area contributed by atoms with Crippen LogP contribution in [0.2, 0.25) is 0 Å². The molecular formula is C23H15F3N4O3. The van der Waals surface area contributed by atoms with Crippen molar-refractivity contribution in [2.45, 2.75) is 12.0 Å². The van der Waals surface area contributed by atoms with Crippen molar-refractivity contribution in [3.63, 3.8) is 0 Å². The van der Waals surface area contributed by atoms with Gasteiger partial charge in [-0.15, -0.1) is 0 Å². The van der Waals surface area contributed by atoms with Crippen LogP contribution in [0.1, 0.15) is 17.0 Å². The molecule has 0 spiro atoms. The minimum Gasteiger partial charge on any atom is -0.490 e. The van der Waals surface area contributed by atoms with Crippen LogP contribution in [0.4, 0.5) is 23.8 Å². The molecule has 1 aromatic heterocycles. The number of pyridine rings is 1. The number of nitriles is 1. The highest BCUT2D eigenvalue weighted by atomic mass is 19.1. The maximum absolute atomic E-state index is 14.2. The Hall–Kier alpha value is -4.26. The number of urea groups is 1. The van der Waals surface area contributed by atoms with Crippen molar-refractivity contribution in [1.82, 2.24) is 10.3 Å². The molecule has 1 unspecified atom stereocenters. The molecule has 2 amide bonds. The molecular weight excluding hydrogens is 437 g/mol. The Bertz CT molecular complexity index is 1290. The molecule has 166 valence electrons. The van der Waals surface area contributed by atoms with Gasteiger partial charge < -0.3 is 14.8 Å². The Morgan fingerprint density at radius 3 is 2.73 bits per heavy atom. The maximum Gasteiger partial charge on any atom is 0.320 e. The summed E-state index contributed by atoms with van der Waals surface area (Å²) in [5.74, 6) is -2.33. The summed E-state index contributed by atoms with van der Waals surface area (Å²) in [5, 5.41) is 14.2. The first-order chi connectivity index (χ1) is 16.0. The smallest absolute Gasteiger partial charge is 0.320 e. The van der Waals surface area contributed by atoms with Crippen molar-refractivity contribution in [3.8, 4) is 23.3 Å². The van der Waals surface area contributed by atoms with Crippen LogP contribution >= 0.6 is 0 Å². The lowest BCUT2D eigenvalue weighted by Crippen LogP contribution is -2.32. The Morgan fingerprint density at radius 1 is 1.15 bits per heavy atom. The second-order valence-electron chi connectivity index (χ2n) is 7.61. The molecule has 5 rings (SSSR count). The fourth-order valence-corrected chi connectivity index (χ4v) is 3.98. The molecule has 1 fully saturated rings. The monoisotopic (exact) mass is 452 g/mol. The molecule has 1 saturated carbocycles. The van der Waals surface area contributed by atoms with E-state index in [2.05, 4.69) is 15.6 Å². The Kier molecular flexibility index (Phi) is 5.01. The van der Waals surface area contributed by atoms with Crippen LogP contribution in [0.3, 0.4) is 0 Å². The van der Waals surface area contributed by atoms with Gasteiger partial charge in [0, 0.05) is 23.4 Å². The van der Waals surface area contributed by atoms with E-state index in [1.807, 2.05) is 0 Å². The van der Waals surface area contributed by atoms with E-state index >= 15 is 0 Å². The highest BCUT2D eigenvalue weighted by Gasteiger charge is 2.57. The number of benzene rings is 2. The molecule has 2 aromatic carbocycles. The van der Waals surface area contributed by atoms with Gasteiger partial charge in [-0.25, -0.2) is 22.9 Å². The van der Waals surface area contributed by atoms with Gasteiger partial charge in [-0.1, -0.05) is 6.07 Å². The van der Waals surface area contributed by atoms with E-state index in [9.17, 15) is 18.0 Å². The van der Waals surface area contributed by atoms with Crippen molar-refractivity contribution >= 4 is 11.8 Å². The van der Waals surface area contributed by atoms with Gasteiger partial charge >= 0.3 is 6.03 Å². The molecule has 2 heterocycles. The first-order valence-electron chi connectivity index (χ1n) is 9.97. The molecule has 3 aromatic rings. The lowest BCUT2D eigenvalue weighted by atomic mass is 10.0. The molecule has 0 bridgehead atoms. The predicted octanol–water partition coefficient (Wildman–Crippen LogP) is 4.46. The van der Waals surface area contributed by atoms with E-state index in [0.29, 0.717) is 0 Å². The third-order valence-electron chi connectivity index (χ3n) is 5.60. The summed E-state index contributed by atoms with van der Waals surface area (Å²) in [7, 11) is 0. The minimum atomic E-state index is -0.783. The second kappa shape index (κ2) is 8.02. The number of aromatic nitrogens is 1. The molecule has 2 N–H and O–H groups in total. The number of rotatable bonds is 4. The van der Waals surface area contributed by atoms with E-state index in [0.717, 1.165) is 12.1 Å². The first kappa shape index (κ1) is 20.6. The number of hydrogen-bond acceptors (Lipinski definition) is 5. The molecule has 0 saturated heterocycles. The van der Waals surface area contributed by atoms with Crippen molar-refractivity contribution in [2.75, 3.05) is 11.9 Å². The average molecular weight is 452 g/mol. The standard InChI is InChI=1S/C23H15F3N4O3/c24-14-5-6-15(25)22-19(14)18-13(10-32-22)21(18)30-23(31)29-17-7-4-12(9-28-17)33-16-3-1-2-11(8-27)20(16)26/h1-7,9,13,18,21H,10H2,(H2,28,29,30,31)/t13-,18-,21?/m0/s1. The van der Waals surface area contributed by atoms with Gasteiger partial charge in [-0.2, -0.15) is 5.26 Å². The third kappa shape index (κ3) is 3.78. The summed E-state index contributed by atoms with van der Waals surface area (Å²) in [6.45, 7) is 0.177. The molecule has 0 radical (unpaired) electrons. The van der Waals surface area contributed by atoms with Gasteiger partial charge in [-0.3, -0.25) is 5.32 Å². The summed E-state index contributed by atoms with van der Waals surface area (Å²) in [6.07, 6.45) is 1.28. The lowest BCUT2D eigenvalue weighted by molar-refractivity contribution is 0.247. The van der Waals surface area contributed by atoms with E-state index < -0.39 is 29.5 Å². The number of nitrogens with zero attached hydrogens (tertiary/aromatic N) is 2.